The van der Waals surface area contributed by atoms with Gasteiger partial charge in [-0.25, -0.2) is 0 Å². The zero-order chi connectivity index (χ0) is 16.5. The van der Waals surface area contributed by atoms with Gasteiger partial charge in [0.2, 0.25) is 0 Å². The Bertz CT molecular complexity index is 1000. The predicted octanol–water partition coefficient (Wildman–Crippen LogP) is 5.05. The van der Waals surface area contributed by atoms with Crippen LogP contribution in [0, 0.1) is 0 Å². The molecule has 120 valence electrons. The number of benzene rings is 3. The lowest BCUT2D eigenvalue weighted by molar-refractivity contribution is 0.282. The van der Waals surface area contributed by atoms with Gasteiger partial charge in [0, 0.05) is 39.7 Å². The molecule has 0 saturated carbocycles. The number of anilines is 2. The second-order valence-corrected chi connectivity index (χ2v) is 5.98. The summed E-state index contributed by atoms with van der Waals surface area (Å²) < 4.78 is 2.32. The molecule has 0 amide bonds. The predicted molar refractivity (Wildman–Crippen MR) is 101 cm³/mol. The molecule has 0 spiro atoms. The number of rotatable bonds is 4. The fourth-order valence-corrected chi connectivity index (χ4v) is 3.36. The first kappa shape index (κ1) is 14.8. The van der Waals surface area contributed by atoms with Crippen molar-refractivity contribution in [1.29, 1.82) is 0 Å². The van der Waals surface area contributed by atoms with Crippen molar-refractivity contribution in [2.45, 2.75) is 20.1 Å². The number of hydrogen-bond donors (Lipinski definition) is 2. The van der Waals surface area contributed by atoms with Crippen LogP contribution in [0.3, 0.4) is 0 Å². The maximum absolute atomic E-state index is 9.46. The molecule has 24 heavy (non-hydrogen) atoms. The largest absolute Gasteiger partial charge is 0.392 e. The minimum Gasteiger partial charge on any atom is -0.392 e. The summed E-state index contributed by atoms with van der Waals surface area (Å²) in [6, 6.07) is 22.9. The lowest BCUT2D eigenvalue weighted by Gasteiger charge is -2.07. The Morgan fingerprint density at radius 3 is 2.25 bits per heavy atom. The van der Waals surface area contributed by atoms with Crippen molar-refractivity contribution < 1.29 is 5.11 Å². The van der Waals surface area contributed by atoms with Crippen molar-refractivity contribution in [3.63, 3.8) is 0 Å². The number of fused-ring (bicyclic) bond motifs is 3. The number of aliphatic hydroxyl groups excluding tert-OH is 1. The van der Waals surface area contributed by atoms with Crippen LogP contribution in [0.2, 0.25) is 0 Å². The van der Waals surface area contributed by atoms with Gasteiger partial charge in [0.05, 0.1) is 6.61 Å². The maximum Gasteiger partial charge on any atom is 0.0682 e. The summed E-state index contributed by atoms with van der Waals surface area (Å²) in [7, 11) is 0. The van der Waals surface area contributed by atoms with Crippen LogP contribution in [0.25, 0.3) is 21.8 Å². The average molecular weight is 316 g/mol. The minimum absolute atomic E-state index is 0.0662. The Morgan fingerprint density at radius 2 is 1.54 bits per heavy atom. The van der Waals surface area contributed by atoms with Crippen LogP contribution in [0.1, 0.15) is 12.5 Å². The van der Waals surface area contributed by atoms with Gasteiger partial charge in [0.25, 0.3) is 0 Å². The normalized spacial score (nSPS) is 11.2. The number of nitrogens with one attached hydrogen (secondary N) is 1. The van der Waals surface area contributed by atoms with Crippen molar-refractivity contribution in [2.75, 3.05) is 5.32 Å². The highest BCUT2D eigenvalue weighted by molar-refractivity contribution is 6.09. The van der Waals surface area contributed by atoms with E-state index in [0.717, 1.165) is 23.5 Å². The molecule has 3 aromatic carbocycles. The molecule has 1 heterocycles. The quantitative estimate of drug-likeness (QED) is 0.553. The van der Waals surface area contributed by atoms with Gasteiger partial charge in [-0.2, -0.15) is 0 Å². The van der Waals surface area contributed by atoms with E-state index in [1.807, 2.05) is 24.3 Å². The molecule has 2 N–H and O–H groups in total. The summed E-state index contributed by atoms with van der Waals surface area (Å²) in [5.74, 6) is 0. The fraction of sp³-hybridized carbons (Fsp3) is 0.143. The van der Waals surface area contributed by atoms with Crippen molar-refractivity contribution in [1.82, 2.24) is 4.57 Å². The van der Waals surface area contributed by atoms with Gasteiger partial charge < -0.3 is 15.0 Å². The molecule has 0 atom stereocenters. The summed E-state index contributed by atoms with van der Waals surface area (Å²) >= 11 is 0. The highest BCUT2D eigenvalue weighted by atomic mass is 16.3. The van der Waals surface area contributed by atoms with Crippen molar-refractivity contribution in [2.24, 2.45) is 0 Å². The molecule has 0 radical (unpaired) electrons. The second kappa shape index (κ2) is 6.02. The molecule has 3 heteroatoms. The number of aryl methyl sites for hydroxylation is 1. The van der Waals surface area contributed by atoms with E-state index >= 15 is 0 Å². The van der Waals surface area contributed by atoms with Crippen LogP contribution in [0.5, 0.6) is 0 Å². The molecule has 4 rings (SSSR count). The molecule has 0 bridgehead atoms. The third-order valence-electron chi connectivity index (χ3n) is 4.49. The van der Waals surface area contributed by atoms with Gasteiger partial charge in [-0.05, 0) is 55.0 Å². The van der Waals surface area contributed by atoms with Crippen LogP contribution < -0.4 is 5.32 Å². The van der Waals surface area contributed by atoms with Gasteiger partial charge in [0.15, 0.2) is 0 Å². The van der Waals surface area contributed by atoms with E-state index in [2.05, 4.69) is 59.3 Å². The Morgan fingerprint density at radius 1 is 0.833 bits per heavy atom. The van der Waals surface area contributed by atoms with E-state index in [1.165, 1.54) is 21.8 Å². The molecule has 3 nitrogen and oxygen atoms in total. The number of para-hydroxylation sites is 1. The Balaban J connectivity index is 1.90. The first-order chi connectivity index (χ1) is 11.8. The molecule has 1 aromatic heterocycles. The maximum atomic E-state index is 9.46. The van der Waals surface area contributed by atoms with E-state index in [-0.39, 0.29) is 6.61 Å². The van der Waals surface area contributed by atoms with E-state index in [0.29, 0.717) is 0 Å². The second-order valence-electron chi connectivity index (χ2n) is 5.98. The van der Waals surface area contributed by atoms with Crippen LogP contribution >= 0.6 is 0 Å². The fourth-order valence-electron chi connectivity index (χ4n) is 3.36. The van der Waals surface area contributed by atoms with E-state index in [4.69, 9.17) is 0 Å². The highest BCUT2D eigenvalue weighted by Crippen LogP contribution is 2.32. The topological polar surface area (TPSA) is 37.2 Å². The van der Waals surface area contributed by atoms with Gasteiger partial charge in [-0.15, -0.1) is 0 Å². The zero-order valence-corrected chi connectivity index (χ0v) is 13.7. The van der Waals surface area contributed by atoms with Crippen molar-refractivity contribution in [3.8, 4) is 0 Å². The van der Waals surface area contributed by atoms with Gasteiger partial charge in [-0.3, -0.25) is 0 Å². The van der Waals surface area contributed by atoms with Crippen LogP contribution in [0.15, 0.2) is 66.7 Å². The van der Waals surface area contributed by atoms with E-state index in [9.17, 15) is 5.11 Å². The number of nitrogens with zero attached hydrogens (tertiary/aromatic N) is 1. The average Bonchev–Trinajstić information content (AvgIpc) is 2.95. The molecule has 0 unspecified atom stereocenters. The molecule has 0 saturated heterocycles. The zero-order valence-electron chi connectivity index (χ0n) is 13.7. The van der Waals surface area contributed by atoms with Gasteiger partial charge in [0.1, 0.15) is 0 Å². The molecule has 4 aromatic rings. The van der Waals surface area contributed by atoms with Gasteiger partial charge in [-0.1, -0.05) is 24.3 Å². The van der Waals surface area contributed by atoms with Crippen molar-refractivity contribution in [3.05, 3.63) is 72.3 Å². The number of aliphatic hydroxyl groups is 1. The Hall–Kier alpha value is -2.78. The number of aromatic nitrogens is 1. The molecule has 0 aliphatic carbocycles. The number of hydrogen-bond acceptors (Lipinski definition) is 2. The lowest BCUT2D eigenvalue weighted by atomic mass is 10.1. The lowest BCUT2D eigenvalue weighted by Crippen LogP contribution is -1.93. The standard InChI is InChI=1S/C21H20N2O/c1-2-23-20-10-8-15(14-24)12-18(20)19-13-17(9-11-21(19)23)22-16-6-4-3-5-7-16/h3-13,22,24H,2,14H2,1H3. The molecule has 0 fully saturated rings. The van der Waals surface area contributed by atoms with Gasteiger partial charge >= 0.3 is 0 Å². The smallest absolute Gasteiger partial charge is 0.0682 e. The van der Waals surface area contributed by atoms with Crippen LogP contribution in [-0.4, -0.2) is 9.67 Å². The molecular formula is C21H20N2O. The third kappa shape index (κ3) is 2.43. The van der Waals surface area contributed by atoms with Crippen molar-refractivity contribution >= 4 is 33.2 Å². The first-order valence-electron chi connectivity index (χ1n) is 8.28. The third-order valence-corrected chi connectivity index (χ3v) is 4.49. The molecule has 0 aliphatic rings. The molecular weight excluding hydrogens is 296 g/mol. The Kier molecular flexibility index (Phi) is 3.71. The minimum atomic E-state index is 0.0662. The Labute approximate surface area is 141 Å². The summed E-state index contributed by atoms with van der Waals surface area (Å²) in [6.45, 7) is 3.15. The summed E-state index contributed by atoms with van der Waals surface area (Å²) in [5.41, 5.74) is 5.52. The summed E-state index contributed by atoms with van der Waals surface area (Å²) in [5, 5.41) is 15.3. The van der Waals surface area contributed by atoms with Crippen LogP contribution in [0.4, 0.5) is 11.4 Å². The first-order valence-corrected chi connectivity index (χ1v) is 8.28. The summed E-state index contributed by atoms with van der Waals surface area (Å²) in [4.78, 5) is 0. The van der Waals surface area contributed by atoms with E-state index < -0.39 is 0 Å². The van der Waals surface area contributed by atoms with E-state index in [1.54, 1.807) is 0 Å². The van der Waals surface area contributed by atoms with Crippen LogP contribution in [-0.2, 0) is 13.2 Å². The monoisotopic (exact) mass is 316 g/mol. The SMILES string of the molecule is CCn1c2ccc(CO)cc2c2cc(Nc3ccccc3)ccc21. The highest BCUT2D eigenvalue weighted by Gasteiger charge is 2.11. The summed E-state index contributed by atoms with van der Waals surface area (Å²) in [6.07, 6.45) is 0. The molecule has 0 aliphatic heterocycles.